The second-order valence-corrected chi connectivity index (χ2v) is 18.7. The van der Waals surface area contributed by atoms with E-state index in [1.807, 2.05) is 0 Å². The minimum atomic E-state index is 0. The Morgan fingerprint density at radius 2 is 1.06 bits per heavy atom. The average molecular weight is 561 g/mol. The van der Waals surface area contributed by atoms with Crippen LogP contribution in [0.25, 0.3) is 21.5 Å². The number of aryl methyl sites for hydroxylation is 2. The largest absolute Gasteiger partial charge is 0.165 e. The summed E-state index contributed by atoms with van der Waals surface area (Å²) in [4.78, 5) is 0. The van der Waals surface area contributed by atoms with Gasteiger partial charge in [-0.25, -0.2) is 0 Å². The molecule has 32 heavy (non-hydrogen) atoms. The van der Waals surface area contributed by atoms with E-state index in [1.165, 1.54) is 58.4 Å². The first-order valence-electron chi connectivity index (χ1n) is 11.3. The van der Waals surface area contributed by atoms with Crippen molar-refractivity contribution in [2.45, 2.75) is 64.5 Å². The van der Waals surface area contributed by atoms with E-state index in [0.717, 1.165) is 11.8 Å². The van der Waals surface area contributed by atoms with Crippen molar-refractivity contribution < 1.29 is 23.3 Å². The van der Waals surface area contributed by atoms with Crippen LogP contribution in [0, 0.1) is 13.8 Å². The van der Waals surface area contributed by atoms with E-state index in [9.17, 15) is 0 Å². The van der Waals surface area contributed by atoms with Crippen LogP contribution in [0.3, 0.4) is 0 Å². The Morgan fingerprint density at radius 3 is 1.38 bits per heavy atom. The zero-order chi connectivity index (χ0) is 21.3. The molecule has 0 amide bonds. The molecule has 4 heteroatoms. The second kappa shape index (κ2) is 12.2. The number of rotatable bonds is 2. The standard InChI is InChI=1S/2C13H13.C2H6Si.2ClH.Zr/c2*1-9-7-11-3-2-4-12(10-5-6-10)13(11)8-9;1-3-2;;;/h2*2-4,7-8,10H,5-6H2,1H3;1-2H3;2*1H;/q2*-1;;;;+2. The molecule has 2 aliphatic rings. The molecule has 0 heterocycles. The Morgan fingerprint density at radius 1 is 0.719 bits per heavy atom. The molecular weight excluding hydrogens is 527 g/mol. The van der Waals surface area contributed by atoms with Crippen LogP contribution in [0.1, 0.15) is 59.8 Å². The van der Waals surface area contributed by atoms with Crippen molar-refractivity contribution in [3.8, 4) is 0 Å². The molecule has 0 saturated heterocycles. The average Bonchev–Trinajstić information content (AvgIpc) is 3.60. The monoisotopic (exact) mass is 558 g/mol. The molecule has 4 aromatic rings. The number of benzene rings is 2. The molecule has 168 valence electrons. The summed E-state index contributed by atoms with van der Waals surface area (Å²) in [7, 11) is 0. The molecule has 6 rings (SSSR count). The van der Waals surface area contributed by atoms with Gasteiger partial charge in [0.1, 0.15) is 0 Å². The van der Waals surface area contributed by atoms with Gasteiger partial charge in [-0.05, 0) is 37.5 Å². The first kappa shape index (κ1) is 27.6. The predicted molar refractivity (Wildman–Crippen MR) is 144 cm³/mol. The zero-order valence-corrected chi connectivity index (χ0v) is 24.7. The van der Waals surface area contributed by atoms with E-state index in [1.54, 1.807) is 34.5 Å². The first-order valence-corrected chi connectivity index (χ1v) is 17.4. The molecule has 0 radical (unpaired) electrons. The number of fused-ring (bicyclic) bond motifs is 2. The van der Waals surface area contributed by atoms with Crippen molar-refractivity contribution in [3.63, 3.8) is 0 Å². The molecule has 0 atom stereocenters. The minimum absolute atomic E-state index is 0. The van der Waals surface area contributed by atoms with Gasteiger partial charge in [-0.15, -0.1) is 93.9 Å². The third kappa shape index (κ3) is 7.17. The van der Waals surface area contributed by atoms with Crippen LogP contribution in [0.15, 0.2) is 60.7 Å². The maximum Gasteiger partial charge on any atom is -0.0251 e. The Hall–Kier alpha value is -0.660. The van der Waals surface area contributed by atoms with Gasteiger partial charge in [-0.1, -0.05) is 37.1 Å². The molecule has 0 aliphatic heterocycles. The molecule has 0 aromatic heterocycles. The fourth-order valence-electron chi connectivity index (χ4n) is 4.32. The van der Waals surface area contributed by atoms with Gasteiger partial charge in [0.2, 0.25) is 0 Å². The SMILES string of the molecule is C[Si](C)=[Zr+2].Cc1cc2c(C3CC3)cccc2[cH-]1.Cc1cc2c(C3CC3)cccc2[cH-]1.Cl.Cl. The Balaban J connectivity index is 0.000000185. The van der Waals surface area contributed by atoms with Crippen LogP contribution in [-0.2, 0) is 23.3 Å². The van der Waals surface area contributed by atoms with E-state index in [0.29, 0.717) is 0 Å². The molecule has 0 N–H and O–H groups in total. The summed E-state index contributed by atoms with van der Waals surface area (Å²) >= 11 is 1.74. The van der Waals surface area contributed by atoms with Crippen LogP contribution in [-0.4, -0.2) is 5.43 Å². The summed E-state index contributed by atoms with van der Waals surface area (Å²) in [5.74, 6) is 1.73. The van der Waals surface area contributed by atoms with Gasteiger partial charge in [0.15, 0.2) is 0 Å². The number of halogens is 2. The molecular formula is C28H34Cl2SiZr. The molecule has 0 nitrogen and oxygen atoms in total. The second-order valence-electron chi connectivity index (χ2n) is 9.31. The molecule has 2 fully saturated rings. The van der Waals surface area contributed by atoms with E-state index >= 15 is 0 Å². The Bertz CT molecular complexity index is 1090. The Kier molecular flexibility index (Phi) is 10.5. The molecule has 0 bridgehead atoms. The maximum atomic E-state index is 2.32. The van der Waals surface area contributed by atoms with E-state index in [-0.39, 0.29) is 30.2 Å². The molecule has 0 unspecified atom stereocenters. The van der Waals surface area contributed by atoms with Crippen molar-refractivity contribution in [1.29, 1.82) is 0 Å². The molecule has 0 spiro atoms. The minimum Gasteiger partial charge on any atom is -0.165 e. The number of hydrogen-bond acceptors (Lipinski definition) is 0. The third-order valence-electron chi connectivity index (χ3n) is 5.89. The van der Waals surface area contributed by atoms with Gasteiger partial charge >= 0.3 is 41.9 Å². The smallest absolute Gasteiger partial charge is 0.0251 e. The van der Waals surface area contributed by atoms with Crippen molar-refractivity contribution in [2.24, 2.45) is 0 Å². The van der Waals surface area contributed by atoms with Crippen molar-refractivity contribution in [2.75, 3.05) is 0 Å². The summed E-state index contributed by atoms with van der Waals surface area (Å²) < 4.78 is 0. The zero-order valence-electron chi connectivity index (χ0n) is 19.6. The van der Waals surface area contributed by atoms with Gasteiger partial charge in [-0.3, -0.25) is 0 Å². The van der Waals surface area contributed by atoms with E-state index in [2.05, 4.69) is 87.6 Å². The fraction of sp³-hybridized carbons (Fsp3) is 0.357. The number of hydrogen-bond donors (Lipinski definition) is 0. The topological polar surface area (TPSA) is 0 Å². The molecule has 4 aromatic carbocycles. The van der Waals surface area contributed by atoms with Crippen LogP contribution in [0.2, 0.25) is 13.1 Å². The van der Waals surface area contributed by atoms with Gasteiger partial charge in [0, 0.05) is 0 Å². The predicted octanol–water partition coefficient (Wildman–Crippen LogP) is 9.12. The first-order chi connectivity index (χ1) is 14.4. The fourth-order valence-corrected chi connectivity index (χ4v) is 4.32. The van der Waals surface area contributed by atoms with Crippen LogP contribution in [0.4, 0.5) is 0 Å². The summed E-state index contributed by atoms with van der Waals surface area (Å²) in [6, 6.07) is 22.6. The van der Waals surface area contributed by atoms with Crippen LogP contribution >= 0.6 is 24.8 Å². The van der Waals surface area contributed by atoms with Crippen molar-refractivity contribution in [1.82, 2.24) is 0 Å². The third-order valence-corrected chi connectivity index (χ3v) is 5.89. The van der Waals surface area contributed by atoms with Crippen LogP contribution < -0.4 is 0 Å². The van der Waals surface area contributed by atoms with Crippen LogP contribution in [0.5, 0.6) is 0 Å². The van der Waals surface area contributed by atoms with Gasteiger partial charge in [-0.2, -0.15) is 12.1 Å². The maximum absolute atomic E-state index is 2.32. The summed E-state index contributed by atoms with van der Waals surface area (Å²) in [6.45, 7) is 8.97. The van der Waals surface area contributed by atoms with Crippen molar-refractivity contribution in [3.05, 3.63) is 82.9 Å². The van der Waals surface area contributed by atoms with Gasteiger partial charge in [0.05, 0.1) is 0 Å². The Labute approximate surface area is 221 Å². The molecule has 2 aliphatic carbocycles. The molecule has 2 saturated carbocycles. The normalized spacial score (nSPS) is 14.4. The van der Waals surface area contributed by atoms with E-state index in [4.69, 9.17) is 0 Å². The quantitative estimate of drug-likeness (QED) is 0.169. The summed E-state index contributed by atoms with van der Waals surface area (Å²) in [6.07, 6.45) is 5.57. The van der Waals surface area contributed by atoms with Crippen molar-refractivity contribution >= 4 is 51.8 Å². The summed E-state index contributed by atoms with van der Waals surface area (Å²) in [5.41, 5.74) is 6.14. The van der Waals surface area contributed by atoms with Gasteiger partial charge < -0.3 is 0 Å². The summed E-state index contributed by atoms with van der Waals surface area (Å²) in [5, 5.41) is 5.81. The van der Waals surface area contributed by atoms with E-state index < -0.39 is 0 Å². The van der Waals surface area contributed by atoms with Gasteiger partial charge in [0.25, 0.3) is 0 Å².